The topological polar surface area (TPSA) is 86.2 Å². The molecule has 0 aromatic rings. The SMILES string of the molecule is O=[As]([O-])([O-])[O-].[F-].[F-].[F-].[F-].[F-].[F-].[Li+].[Li+].[Li+].[Li+].[Li+].[Li+].[Li+].[Li+].[Li+]. The molecular weight excluding hydrogens is 315 g/mol. The molecule has 0 radical (unpaired) electrons. The summed E-state index contributed by atoms with van der Waals surface area (Å²) in [5.74, 6) is 0. The molecule has 0 saturated carbocycles. The van der Waals surface area contributed by atoms with Gasteiger partial charge in [-0.15, -0.1) is 0 Å². The molecule has 0 fully saturated rings. The van der Waals surface area contributed by atoms with Crippen molar-refractivity contribution in [3.8, 4) is 0 Å². The molecule has 0 aliphatic carbocycles. The van der Waals surface area contributed by atoms with Gasteiger partial charge in [-0.3, -0.25) is 0 Å². The Hall–Kier alpha value is 5.20. The van der Waals surface area contributed by atoms with E-state index in [9.17, 15) is 0 Å². The van der Waals surface area contributed by atoms with Crippen molar-refractivity contribution in [1.82, 2.24) is 0 Å². The van der Waals surface area contributed by atoms with E-state index in [0.717, 1.165) is 0 Å². The average Bonchev–Trinajstić information content (AvgIpc) is 0.722. The Balaban J connectivity index is -0.000000000762. The maximum atomic E-state index is 8.61. The number of rotatable bonds is 0. The predicted octanol–water partition coefficient (Wildman–Crippen LogP) is -49.0. The molecule has 0 rings (SSSR count). The molecule has 0 heterocycles. The molecule has 0 aromatic heterocycles. The van der Waals surface area contributed by atoms with E-state index >= 15 is 0 Å². The largest absolute Gasteiger partial charge is 1.00 e. The molecule has 4 nitrogen and oxygen atoms in total. The zero-order valence-corrected chi connectivity index (χ0v) is 15.2. The molecule has 0 spiro atoms. The van der Waals surface area contributed by atoms with Crippen LogP contribution < -0.4 is 210 Å². The fraction of sp³-hybridized carbons (Fsp3) is 0. The summed E-state index contributed by atoms with van der Waals surface area (Å²) in [7, 11) is 0. The molecule has 0 N–H and O–H groups in total. The second kappa shape index (κ2) is 104. The first-order valence-electron chi connectivity index (χ1n) is 0.730. The van der Waals surface area contributed by atoms with Crippen molar-refractivity contribution >= 4 is 14.5 Å². The van der Waals surface area contributed by atoms with E-state index in [2.05, 4.69) is 0 Å². The van der Waals surface area contributed by atoms with Crippen LogP contribution in [0.5, 0.6) is 0 Å². The van der Waals surface area contributed by atoms with Gasteiger partial charge in [-0.2, -0.15) is 0 Å². The first kappa shape index (κ1) is 174. The predicted molar refractivity (Wildman–Crippen MR) is 6.44 cm³/mol. The van der Waals surface area contributed by atoms with E-state index in [1.807, 2.05) is 0 Å². The Morgan fingerprint density at radius 3 is 0.400 bits per heavy atom. The third-order valence-electron chi connectivity index (χ3n) is 0. The molecule has 80 valence electrons. The van der Waals surface area contributed by atoms with Gasteiger partial charge < -0.3 is 28.2 Å². The van der Waals surface area contributed by atoms with Crippen molar-refractivity contribution in [2.45, 2.75) is 0 Å². The summed E-state index contributed by atoms with van der Waals surface area (Å²) in [5.41, 5.74) is 0. The van der Waals surface area contributed by atoms with Crippen LogP contribution in [0.3, 0.4) is 0 Å². The molecule has 0 amide bonds. The van der Waals surface area contributed by atoms with Gasteiger partial charge >= 0.3 is 200 Å². The van der Waals surface area contributed by atoms with E-state index in [-0.39, 0.29) is 198 Å². The Morgan fingerprint density at radius 1 is 0.400 bits per heavy atom. The van der Waals surface area contributed by atoms with Gasteiger partial charge in [0.2, 0.25) is 0 Å². The van der Waals surface area contributed by atoms with Crippen molar-refractivity contribution in [3.63, 3.8) is 0 Å². The van der Waals surface area contributed by atoms with Gasteiger partial charge in [-0.25, -0.2) is 0 Å². The third kappa shape index (κ3) is 423. The fourth-order valence-corrected chi connectivity index (χ4v) is 0. The fourth-order valence-electron chi connectivity index (χ4n) is 0. The van der Waals surface area contributed by atoms with Crippen molar-refractivity contribution < 1.29 is 214 Å². The number of hydrogen-bond acceptors (Lipinski definition) is 4. The molecule has 20 heteroatoms. The van der Waals surface area contributed by atoms with Crippen molar-refractivity contribution in [2.24, 2.45) is 0 Å². The standard InChI is InChI=1S/AsH3O4.6FH.9Li/c2-1(3,4)5;;;;;;;;;;;;;;;/h(H3,2,3,4,5);6*1H;;;;;;;;;/q;;;;;;;9*+1/p-9. The number of hydrogen-bond donors (Lipinski definition) is 0. The van der Waals surface area contributed by atoms with Crippen LogP contribution in [0.15, 0.2) is 0 Å². The zero-order valence-electron chi connectivity index (χ0n) is 13.3. The Bertz CT molecular complexity index is 80.6. The van der Waals surface area contributed by atoms with Gasteiger partial charge in [0, 0.05) is 0 Å². The first-order chi connectivity index (χ1) is 2.00. The monoisotopic (exact) mass is 316 g/mol. The summed E-state index contributed by atoms with van der Waals surface area (Å²) in [6, 6.07) is 0. The van der Waals surface area contributed by atoms with Gasteiger partial charge in [0.15, 0.2) is 0 Å². The van der Waals surface area contributed by atoms with Crippen LogP contribution >= 0.6 is 0 Å². The van der Waals surface area contributed by atoms with Crippen LogP contribution in [-0.2, 0) is 3.74 Å². The van der Waals surface area contributed by atoms with Gasteiger partial charge in [-0.05, 0) is 0 Å². The van der Waals surface area contributed by atoms with Crippen LogP contribution in [0.25, 0.3) is 0 Å². The van der Waals surface area contributed by atoms with Gasteiger partial charge in [-0.1, -0.05) is 0 Å². The minimum absolute atomic E-state index is 0. The van der Waals surface area contributed by atoms with Crippen LogP contribution in [0, 0.1) is 0 Å². The average molecular weight is 315 g/mol. The first-order valence-corrected chi connectivity index (χ1v) is 3.79. The van der Waals surface area contributed by atoms with Crippen LogP contribution in [0.1, 0.15) is 0 Å². The second-order valence-electron chi connectivity index (χ2n) is 0.447. The van der Waals surface area contributed by atoms with Gasteiger partial charge in [0.25, 0.3) is 0 Å². The molecule has 20 heavy (non-hydrogen) atoms. The number of halogens is 6. The molecule has 0 atom stereocenters. The van der Waals surface area contributed by atoms with Crippen molar-refractivity contribution in [2.75, 3.05) is 0 Å². The molecule has 0 saturated heterocycles. The van der Waals surface area contributed by atoms with Gasteiger partial charge in [0.1, 0.15) is 0 Å². The minimum atomic E-state index is -5.88. The Morgan fingerprint density at radius 2 is 0.400 bits per heavy atom. The Labute approximate surface area is 224 Å². The molecule has 0 aliphatic heterocycles. The summed E-state index contributed by atoms with van der Waals surface area (Å²) in [6.45, 7) is 0. The second-order valence-corrected chi connectivity index (χ2v) is 2.32. The normalized spacial score (nSPS) is 2.95. The van der Waals surface area contributed by atoms with E-state index in [0.29, 0.717) is 0 Å². The molecular formula is AsF6Li9O4. The van der Waals surface area contributed by atoms with E-state index in [1.54, 1.807) is 0 Å². The summed E-state index contributed by atoms with van der Waals surface area (Å²) in [4.78, 5) is 0. The Kier molecular flexibility index (Phi) is 906. The summed E-state index contributed by atoms with van der Waals surface area (Å²) in [6.07, 6.45) is 0. The van der Waals surface area contributed by atoms with E-state index in [1.165, 1.54) is 0 Å². The minimum Gasteiger partial charge on any atom is -1.00 e. The van der Waals surface area contributed by atoms with Gasteiger partial charge in [0.05, 0.1) is 0 Å². The summed E-state index contributed by atoms with van der Waals surface area (Å²) in [5, 5.41) is 0. The van der Waals surface area contributed by atoms with Crippen LogP contribution in [0.4, 0.5) is 0 Å². The van der Waals surface area contributed by atoms with Crippen molar-refractivity contribution in [3.05, 3.63) is 0 Å². The molecule has 0 aliphatic rings. The summed E-state index contributed by atoms with van der Waals surface area (Å²) < 4.78 is 34.4. The molecule has 0 aromatic carbocycles. The maximum absolute atomic E-state index is 8.61. The smallest absolute Gasteiger partial charge is 1.00 e. The van der Waals surface area contributed by atoms with Crippen molar-refractivity contribution in [1.29, 1.82) is 0 Å². The molecule has 0 unspecified atom stereocenters. The van der Waals surface area contributed by atoms with Crippen LogP contribution in [-0.4, -0.2) is 14.5 Å². The molecule has 0 bridgehead atoms. The van der Waals surface area contributed by atoms with E-state index in [4.69, 9.17) is 16.0 Å². The quantitative estimate of drug-likeness (QED) is 0.328. The van der Waals surface area contributed by atoms with E-state index < -0.39 is 14.5 Å². The zero-order chi connectivity index (χ0) is 4.50. The third-order valence-corrected chi connectivity index (χ3v) is 0. The summed E-state index contributed by atoms with van der Waals surface area (Å²) >= 11 is -5.88. The van der Waals surface area contributed by atoms with Crippen LogP contribution in [0.2, 0.25) is 0 Å². The maximum Gasteiger partial charge on any atom is 1.00 e.